The molecule has 0 aromatic heterocycles. The van der Waals surface area contributed by atoms with Crippen molar-refractivity contribution >= 4 is 27.5 Å². The van der Waals surface area contributed by atoms with Gasteiger partial charge >= 0.3 is 0 Å². The molecule has 4 aromatic carbocycles. The van der Waals surface area contributed by atoms with Crippen LogP contribution in [0.5, 0.6) is 17.2 Å². The van der Waals surface area contributed by atoms with E-state index < -0.39 is 28.5 Å². The van der Waals surface area contributed by atoms with Crippen LogP contribution in [0.2, 0.25) is 0 Å². The molecule has 0 aliphatic carbocycles. The van der Waals surface area contributed by atoms with Crippen molar-refractivity contribution < 1.29 is 27.5 Å². The van der Waals surface area contributed by atoms with Gasteiger partial charge in [-0.2, -0.15) is 0 Å². The summed E-state index contributed by atoms with van der Waals surface area (Å²) >= 11 is 0. The Kier molecular flexibility index (Phi) is 11.0. The zero-order chi connectivity index (χ0) is 31.5. The number of amides is 2. The predicted molar refractivity (Wildman–Crippen MR) is 170 cm³/mol. The third-order valence-corrected chi connectivity index (χ3v) is 8.71. The van der Waals surface area contributed by atoms with E-state index in [0.717, 1.165) is 16.3 Å². The first-order chi connectivity index (χ1) is 21.2. The van der Waals surface area contributed by atoms with Crippen LogP contribution in [0, 0.1) is 0 Å². The van der Waals surface area contributed by atoms with Gasteiger partial charge in [0, 0.05) is 13.1 Å². The number of rotatable bonds is 14. The van der Waals surface area contributed by atoms with Crippen LogP contribution in [0.3, 0.4) is 0 Å². The van der Waals surface area contributed by atoms with E-state index in [9.17, 15) is 18.0 Å². The summed E-state index contributed by atoms with van der Waals surface area (Å²) in [5, 5.41) is 2.84. The zero-order valence-corrected chi connectivity index (χ0v) is 25.9. The molecule has 10 heteroatoms. The van der Waals surface area contributed by atoms with Crippen molar-refractivity contribution in [2.45, 2.75) is 37.8 Å². The number of carbonyl (C=O) groups excluding carboxylic acids is 2. The van der Waals surface area contributed by atoms with Crippen molar-refractivity contribution in [3.05, 3.63) is 115 Å². The highest BCUT2D eigenvalue weighted by Gasteiger charge is 2.32. The maximum absolute atomic E-state index is 14.1. The van der Waals surface area contributed by atoms with Gasteiger partial charge in [0.2, 0.25) is 11.8 Å². The molecule has 0 heterocycles. The van der Waals surface area contributed by atoms with Crippen LogP contribution >= 0.6 is 0 Å². The number of nitrogens with zero attached hydrogens (tertiary/aromatic N) is 2. The summed E-state index contributed by atoms with van der Waals surface area (Å²) in [6.45, 7) is 3.56. The van der Waals surface area contributed by atoms with Crippen LogP contribution in [0.1, 0.15) is 25.8 Å². The molecule has 0 spiro atoms. The fraction of sp³-hybridized carbons (Fsp3) is 0.235. The second-order valence-corrected chi connectivity index (χ2v) is 11.9. The molecule has 4 rings (SSSR count). The number of benzene rings is 4. The standard InChI is InChI=1S/C34H37N3O6S/c1-4-22-35-34(39)26(2)36(24-27-12-11-15-31(23-27)42-3)33(38)25-37(44(40,41)32-16-9-6-10-17-32)28-18-20-30(21-19-28)43-29-13-7-5-8-14-29/h5-21,23,26H,4,22,24-25H2,1-3H3,(H,35,39). The molecular formula is C34H37N3O6S. The monoisotopic (exact) mass is 615 g/mol. The van der Waals surface area contributed by atoms with E-state index in [0.29, 0.717) is 23.8 Å². The van der Waals surface area contributed by atoms with Gasteiger partial charge in [-0.25, -0.2) is 8.42 Å². The molecule has 9 nitrogen and oxygen atoms in total. The number of sulfonamides is 1. The molecular weight excluding hydrogens is 578 g/mol. The lowest BCUT2D eigenvalue weighted by Gasteiger charge is -2.32. The third kappa shape index (κ3) is 8.17. The first-order valence-corrected chi connectivity index (χ1v) is 15.8. The van der Waals surface area contributed by atoms with Crippen molar-refractivity contribution in [3.8, 4) is 17.2 Å². The Bertz CT molecular complexity index is 1630. The number of methoxy groups -OCH3 is 1. The Labute approximate surface area is 259 Å². The van der Waals surface area contributed by atoms with Gasteiger partial charge in [-0.15, -0.1) is 0 Å². The second-order valence-electron chi connectivity index (χ2n) is 10.1. The fourth-order valence-electron chi connectivity index (χ4n) is 4.50. The molecule has 4 aromatic rings. The van der Waals surface area contributed by atoms with Crippen molar-refractivity contribution in [2.75, 3.05) is 24.5 Å². The maximum atomic E-state index is 14.1. The molecule has 0 saturated carbocycles. The molecule has 0 aliphatic rings. The normalized spacial score (nSPS) is 11.7. The van der Waals surface area contributed by atoms with E-state index in [-0.39, 0.29) is 23.0 Å². The maximum Gasteiger partial charge on any atom is 0.264 e. The molecule has 0 fully saturated rings. The highest BCUT2D eigenvalue weighted by Crippen LogP contribution is 2.28. The topological polar surface area (TPSA) is 105 Å². The van der Waals surface area contributed by atoms with Crippen LogP contribution in [0.15, 0.2) is 114 Å². The Morgan fingerprint density at radius 1 is 0.818 bits per heavy atom. The third-order valence-electron chi connectivity index (χ3n) is 6.92. The molecule has 44 heavy (non-hydrogen) atoms. The van der Waals surface area contributed by atoms with Crippen molar-refractivity contribution in [2.24, 2.45) is 0 Å². The van der Waals surface area contributed by atoms with Gasteiger partial charge in [-0.3, -0.25) is 13.9 Å². The Hall–Kier alpha value is -4.83. The summed E-state index contributed by atoms with van der Waals surface area (Å²) in [5.74, 6) is 0.861. The molecule has 1 unspecified atom stereocenters. The van der Waals surface area contributed by atoms with E-state index >= 15 is 0 Å². The Balaban J connectivity index is 1.69. The average Bonchev–Trinajstić information content (AvgIpc) is 3.06. The summed E-state index contributed by atoms with van der Waals surface area (Å²) in [7, 11) is -2.63. The van der Waals surface area contributed by atoms with E-state index in [1.165, 1.54) is 17.0 Å². The molecule has 1 N–H and O–H groups in total. The van der Waals surface area contributed by atoms with Crippen molar-refractivity contribution in [1.29, 1.82) is 0 Å². The Morgan fingerprint density at radius 3 is 2.07 bits per heavy atom. The van der Waals surface area contributed by atoms with E-state index in [2.05, 4.69) is 5.32 Å². The average molecular weight is 616 g/mol. The van der Waals surface area contributed by atoms with Gasteiger partial charge in [0.25, 0.3) is 10.0 Å². The summed E-state index contributed by atoms with van der Waals surface area (Å²) in [6, 6.07) is 29.9. The number of ether oxygens (including phenoxy) is 2. The summed E-state index contributed by atoms with van der Waals surface area (Å²) in [6.07, 6.45) is 0.732. The minimum absolute atomic E-state index is 0.0329. The van der Waals surface area contributed by atoms with Gasteiger partial charge in [0.15, 0.2) is 0 Å². The SMILES string of the molecule is CCCNC(=O)C(C)N(Cc1cccc(OC)c1)C(=O)CN(c1ccc(Oc2ccccc2)cc1)S(=O)(=O)c1ccccc1. The fourth-order valence-corrected chi connectivity index (χ4v) is 5.93. The highest BCUT2D eigenvalue weighted by atomic mass is 32.2. The highest BCUT2D eigenvalue weighted by molar-refractivity contribution is 7.92. The number of nitrogens with one attached hydrogen (secondary N) is 1. The second kappa shape index (κ2) is 15.1. The molecule has 1 atom stereocenters. The van der Waals surface area contributed by atoms with Crippen LogP contribution in [0.4, 0.5) is 5.69 Å². The van der Waals surface area contributed by atoms with E-state index in [4.69, 9.17) is 9.47 Å². The lowest BCUT2D eigenvalue weighted by molar-refractivity contribution is -0.139. The largest absolute Gasteiger partial charge is 0.497 e. The summed E-state index contributed by atoms with van der Waals surface area (Å²) < 4.78 is 40.2. The van der Waals surface area contributed by atoms with Crippen molar-refractivity contribution in [3.63, 3.8) is 0 Å². The molecule has 0 bridgehead atoms. The number of hydrogen-bond acceptors (Lipinski definition) is 6. The molecule has 0 aliphatic heterocycles. The van der Waals surface area contributed by atoms with Gasteiger partial charge in [-0.1, -0.05) is 55.5 Å². The molecule has 0 radical (unpaired) electrons. The first-order valence-electron chi connectivity index (χ1n) is 14.3. The quantitative estimate of drug-likeness (QED) is 0.197. The molecule has 2 amide bonds. The Morgan fingerprint density at radius 2 is 1.43 bits per heavy atom. The molecule has 230 valence electrons. The van der Waals surface area contributed by atoms with Crippen LogP contribution < -0.4 is 19.1 Å². The van der Waals surface area contributed by atoms with Crippen LogP contribution in [-0.4, -0.2) is 51.4 Å². The van der Waals surface area contributed by atoms with Crippen molar-refractivity contribution in [1.82, 2.24) is 10.2 Å². The number of hydrogen-bond donors (Lipinski definition) is 1. The lowest BCUT2D eigenvalue weighted by atomic mass is 10.1. The predicted octanol–water partition coefficient (Wildman–Crippen LogP) is 5.63. The zero-order valence-electron chi connectivity index (χ0n) is 25.1. The molecule has 0 saturated heterocycles. The summed E-state index contributed by atoms with van der Waals surface area (Å²) in [4.78, 5) is 28.5. The summed E-state index contributed by atoms with van der Waals surface area (Å²) in [5.41, 5.74) is 1.000. The first kappa shape index (κ1) is 32.1. The van der Waals surface area contributed by atoms with E-state index in [1.807, 2.05) is 43.3 Å². The van der Waals surface area contributed by atoms with Crippen LogP contribution in [0.25, 0.3) is 0 Å². The van der Waals surface area contributed by atoms with Gasteiger partial charge < -0.3 is 19.7 Å². The van der Waals surface area contributed by atoms with Gasteiger partial charge in [0.1, 0.15) is 29.8 Å². The number of carbonyl (C=O) groups is 2. The number of para-hydroxylation sites is 1. The van der Waals surface area contributed by atoms with E-state index in [1.54, 1.807) is 74.7 Å². The van der Waals surface area contributed by atoms with Gasteiger partial charge in [-0.05, 0) is 79.6 Å². The van der Waals surface area contributed by atoms with Gasteiger partial charge in [0.05, 0.1) is 17.7 Å². The van der Waals surface area contributed by atoms with Crippen LogP contribution in [-0.2, 0) is 26.2 Å². The minimum Gasteiger partial charge on any atom is -0.497 e. The lowest BCUT2D eigenvalue weighted by Crippen LogP contribution is -2.51. The smallest absolute Gasteiger partial charge is 0.264 e. The number of anilines is 1. The minimum atomic E-state index is -4.17.